The molecule has 5 heteroatoms. The highest BCUT2D eigenvalue weighted by atomic mass is 32.1. The Hall–Kier alpha value is -1.88. The van der Waals surface area contributed by atoms with Gasteiger partial charge in [0, 0.05) is 10.6 Å². The van der Waals surface area contributed by atoms with Crippen molar-refractivity contribution in [3.05, 3.63) is 59.2 Å². The van der Waals surface area contributed by atoms with Crippen molar-refractivity contribution in [1.82, 2.24) is 0 Å². The van der Waals surface area contributed by atoms with Gasteiger partial charge in [-0.25, -0.2) is 8.78 Å². The van der Waals surface area contributed by atoms with E-state index in [2.05, 4.69) is 17.9 Å². The Labute approximate surface area is 114 Å². The summed E-state index contributed by atoms with van der Waals surface area (Å²) in [5.41, 5.74) is 0.877. The first kappa shape index (κ1) is 13.5. The summed E-state index contributed by atoms with van der Waals surface area (Å²) in [5.74, 6) is -1.75. The zero-order chi connectivity index (χ0) is 14.0. The van der Waals surface area contributed by atoms with Crippen molar-refractivity contribution >= 4 is 24.2 Å². The van der Waals surface area contributed by atoms with E-state index in [0.29, 0.717) is 16.1 Å². The number of nitrogens with one attached hydrogen (secondary N) is 1. The smallest absolute Gasteiger partial charge is 0.258 e. The molecule has 0 atom stereocenters. The molecule has 0 bridgehead atoms. The standard InChI is InChI=1S/C14H11F2NOS/c1-8-2-3-9(15)6-13(8)17-14(18)11-7-10(19)4-5-12(11)16/h2-7,19H,1H3,(H,17,18). The van der Waals surface area contributed by atoms with E-state index in [4.69, 9.17) is 0 Å². The van der Waals surface area contributed by atoms with E-state index in [0.717, 1.165) is 6.07 Å². The molecule has 0 aromatic heterocycles. The van der Waals surface area contributed by atoms with E-state index in [1.165, 1.54) is 30.3 Å². The van der Waals surface area contributed by atoms with Crippen LogP contribution in [0.2, 0.25) is 0 Å². The minimum Gasteiger partial charge on any atom is -0.322 e. The number of carbonyl (C=O) groups is 1. The van der Waals surface area contributed by atoms with Gasteiger partial charge in [-0.15, -0.1) is 12.6 Å². The Kier molecular flexibility index (Phi) is 3.85. The van der Waals surface area contributed by atoms with Crippen molar-refractivity contribution < 1.29 is 13.6 Å². The van der Waals surface area contributed by atoms with E-state index in [1.54, 1.807) is 6.92 Å². The largest absolute Gasteiger partial charge is 0.322 e. The fourth-order valence-electron chi connectivity index (χ4n) is 1.61. The summed E-state index contributed by atoms with van der Waals surface area (Å²) in [6.07, 6.45) is 0. The molecule has 19 heavy (non-hydrogen) atoms. The van der Waals surface area contributed by atoms with Crippen LogP contribution in [0, 0.1) is 18.6 Å². The summed E-state index contributed by atoms with van der Waals surface area (Å²) in [7, 11) is 0. The third-order valence-corrected chi connectivity index (χ3v) is 2.92. The maximum atomic E-state index is 13.5. The molecule has 2 aromatic carbocycles. The summed E-state index contributed by atoms with van der Waals surface area (Å²) in [6, 6.07) is 7.95. The molecule has 2 aromatic rings. The summed E-state index contributed by atoms with van der Waals surface area (Å²) in [4.78, 5) is 12.4. The minimum absolute atomic E-state index is 0.129. The van der Waals surface area contributed by atoms with Gasteiger partial charge >= 0.3 is 0 Å². The number of hydrogen-bond donors (Lipinski definition) is 2. The average molecular weight is 279 g/mol. The average Bonchev–Trinajstić information content (AvgIpc) is 2.36. The van der Waals surface area contributed by atoms with Gasteiger partial charge in [-0.2, -0.15) is 0 Å². The lowest BCUT2D eigenvalue weighted by Crippen LogP contribution is -2.14. The van der Waals surface area contributed by atoms with Gasteiger partial charge in [-0.05, 0) is 42.8 Å². The molecule has 2 nitrogen and oxygen atoms in total. The molecule has 0 unspecified atom stereocenters. The maximum absolute atomic E-state index is 13.5. The van der Waals surface area contributed by atoms with Gasteiger partial charge in [0.05, 0.1) is 5.56 Å². The van der Waals surface area contributed by atoms with Crippen LogP contribution < -0.4 is 5.32 Å². The lowest BCUT2D eigenvalue weighted by Gasteiger charge is -2.09. The number of carbonyl (C=O) groups excluding carboxylic acids is 1. The number of rotatable bonds is 2. The third-order valence-electron chi connectivity index (χ3n) is 2.64. The molecular formula is C14H11F2NOS. The number of thiol groups is 1. The maximum Gasteiger partial charge on any atom is 0.258 e. The zero-order valence-corrected chi connectivity index (χ0v) is 11.0. The Bertz CT molecular complexity index is 643. The van der Waals surface area contributed by atoms with Crippen LogP contribution in [-0.4, -0.2) is 5.91 Å². The van der Waals surface area contributed by atoms with Gasteiger partial charge in [-0.1, -0.05) is 6.07 Å². The van der Waals surface area contributed by atoms with Gasteiger partial charge in [0.15, 0.2) is 0 Å². The monoisotopic (exact) mass is 279 g/mol. The van der Waals surface area contributed by atoms with Gasteiger partial charge in [-0.3, -0.25) is 4.79 Å². The topological polar surface area (TPSA) is 29.1 Å². The molecule has 0 aliphatic carbocycles. The van der Waals surface area contributed by atoms with E-state index in [1.807, 2.05) is 0 Å². The van der Waals surface area contributed by atoms with Crippen molar-refractivity contribution in [1.29, 1.82) is 0 Å². The first-order chi connectivity index (χ1) is 8.97. The molecular weight excluding hydrogens is 268 g/mol. The molecule has 98 valence electrons. The molecule has 0 fully saturated rings. The Balaban J connectivity index is 2.30. The zero-order valence-electron chi connectivity index (χ0n) is 10.1. The van der Waals surface area contributed by atoms with Crippen LogP contribution in [0.1, 0.15) is 15.9 Å². The molecule has 2 rings (SSSR count). The SMILES string of the molecule is Cc1ccc(F)cc1NC(=O)c1cc(S)ccc1F. The number of hydrogen-bond acceptors (Lipinski definition) is 2. The van der Waals surface area contributed by atoms with Crippen molar-refractivity contribution in [2.24, 2.45) is 0 Å². The predicted molar refractivity (Wildman–Crippen MR) is 72.7 cm³/mol. The van der Waals surface area contributed by atoms with Crippen LogP contribution in [0.4, 0.5) is 14.5 Å². The van der Waals surface area contributed by atoms with E-state index < -0.39 is 17.5 Å². The second-order valence-corrected chi connectivity index (χ2v) is 4.59. The highest BCUT2D eigenvalue weighted by Gasteiger charge is 2.13. The molecule has 0 saturated heterocycles. The normalized spacial score (nSPS) is 10.3. The number of halogens is 2. The fraction of sp³-hybridized carbons (Fsp3) is 0.0714. The lowest BCUT2D eigenvalue weighted by molar-refractivity contribution is 0.102. The lowest BCUT2D eigenvalue weighted by atomic mass is 10.1. The molecule has 1 amide bonds. The van der Waals surface area contributed by atoms with Crippen LogP contribution in [0.5, 0.6) is 0 Å². The van der Waals surface area contributed by atoms with Crippen LogP contribution in [-0.2, 0) is 0 Å². The third kappa shape index (κ3) is 3.12. The van der Waals surface area contributed by atoms with Gasteiger partial charge in [0.2, 0.25) is 0 Å². The summed E-state index contributed by atoms with van der Waals surface area (Å²) < 4.78 is 26.6. The van der Waals surface area contributed by atoms with Gasteiger partial charge in [0.1, 0.15) is 11.6 Å². The quantitative estimate of drug-likeness (QED) is 0.804. The van der Waals surface area contributed by atoms with Crippen molar-refractivity contribution in [2.45, 2.75) is 11.8 Å². The van der Waals surface area contributed by atoms with Gasteiger partial charge < -0.3 is 5.32 Å². The first-order valence-electron chi connectivity index (χ1n) is 5.53. The summed E-state index contributed by atoms with van der Waals surface area (Å²) >= 11 is 4.05. The van der Waals surface area contributed by atoms with E-state index >= 15 is 0 Å². The molecule has 1 N–H and O–H groups in total. The number of aryl methyl sites for hydroxylation is 1. The van der Waals surface area contributed by atoms with Crippen molar-refractivity contribution in [3.63, 3.8) is 0 Å². The highest BCUT2D eigenvalue weighted by molar-refractivity contribution is 7.80. The first-order valence-corrected chi connectivity index (χ1v) is 5.98. The molecule has 0 aliphatic heterocycles. The van der Waals surface area contributed by atoms with E-state index in [9.17, 15) is 13.6 Å². The van der Waals surface area contributed by atoms with Crippen LogP contribution in [0.15, 0.2) is 41.3 Å². The summed E-state index contributed by atoms with van der Waals surface area (Å²) in [6.45, 7) is 1.72. The summed E-state index contributed by atoms with van der Waals surface area (Å²) in [5, 5.41) is 2.48. The molecule has 0 saturated carbocycles. The number of benzene rings is 2. The molecule has 0 aliphatic rings. The van der Waals surface area contributed by atoms with Crippen molar-refractivity contribution in [2.75, 3.05) is 5.32 Å². The Morgan fingerprint density at radius 1 is 1.16 bits per heavy atom. The van der Waals surface area contributed by atoms with E-state index in [-0.39, 0.29) is 5.56 Å². The van der Waals surface area contributed by atoms with Crippen LogP contribution in [0.3, 0.4) is 0 Å². The van der Waals surface area contributed by atoms with Gasteiger partial charge in [0.25, 0.3) is 5.91 Å². The second kappa shape index (κ2) is 5.40. The predicted octanol–water partition coefficient (Wildman–Crippen LogP) is 3.81. The molecule has 0 spiro atoms. The Morgan fingerprint density at radius 2 is 1.89 bits per heavy atom. The van der Waals surface area contributed by atoms with Crippen LogP contribution in [0.25, 0.3) is 0 Å². The Morgan fingerprint density at radius 3 is 2.63 bits per heavy atom. The molecule has 0 radical (unpaired) electrons. The number of amides is 1. The minimum atomic E-state index is -0.649. The highest BCUT2D eigenvalue weighted by Crippen LogP contribution is 2.19. The van der Waals surface area contributed by atoms with Crippen molar-refractivity contribution in [3.8, 4) is 0 Å². The fourth-order valence-corrected chi connectivity index (χ4v) is 1.81. The second-order valence-electron chi connectivity index (χ2n) is 4.08. The van der Waals surface area contributed by atoms with Crippen LogP contribution >= 0.6 is 12.6 Å². The molecule has 0 heterocycles. The number of anilines is 1.